The fourth-order valence-corrected chi connectivity index (χ4v) is 2.25. The van der Waals surface area contributed by atoms with E-state index in [4.69, 9.17) is 0 Å². The summed E-state index contributed by atoms with van der Waals surface area (Å²) in [6.07, 6.45) is 3.33. The van der Waals surface area contributed by atoms with Gasteiger partial charge in [0.05, 0.1) is 11.0 Å². The van der Waals surface area contributed by atoms with Crippen molar-refractivity contribution in [3.63, 3.8) is 0 Å². The molecule has 4 rings (SSSR count). The molecule has 0 saturated heterocycles. The molecule has 0 saturated carbocycles. The van der Waals surface area contributed by atoms with Gasteiger partial charge in [0.15, 0.2) is 24.8 Å². The second kappa shape index (κ2) is 3.26. The number of fused-ring (bicyclic) bond motifs is 5. The van der Waals surface area contributed by atoms with E-state index in [0.717, 1.165) is 27.9 Å². The number of hydrogen-bond acceptors (Lipinski definition) is 4. The minimum Gasteiger partial charge on any atom is -0.273 e. The van der Waals surface area contributed by atoms with E-state index < -0.39 is 0 Å². The van der Waals surface area contributed by atoms with Crippen LogP contribution in [-0.2, 0) is 0 Å². The first-order chi connectivity index (χ1) is 8.84. The van der Waals surface area contributed by atoms with E-state index in [9.17, 15) is 0 Å². The molecule has 0 N–H and O–H groups in total. The van der Waals surface area contributed by atoms with E-state index in [-0.39, 0.29) is 0 Å². The van der Waals surface area contributed by atoms with Gasteiger partial charge in [-0.15, -0.1) is 0 Å². The Morgan fingerprint density at radius 1 is 0.944 bits per heavy atom. The number of aromatic nitrogens is 5. The molecule has 6 heteroatoms. The van der Waals surface area contributed by atoms with E-state index in [2.05, 4.69) is 19.9 Å². The van der Waals surface area contributed by atoms with Crippen LogP contribution in [0.3, 0.4) is 0 Å². The summed E-state index contributed by atoms with van der Waals surface area (Å²) in [7, 11) is 1.94. The van der Waals surface area contributed by atoms with Crippen LogP contribution in [0.15, 0.2) is 36.7 Å². The van der Waals surface area contributed by atoms with Gasteiger partial charge in [0.1, 0.15) is 0 Å². The first kappa shape index (κ1) is 9.53. The molecule has 0 atom stereocenters. The van der Waals surface area contributed by atoms with E-state index in [0.29, 0.717) is 5.65 Å². The molecule has 1 aromatic carbocycles. The highest BCUT2D eigenvalue weighted by atomic mass is 15.1. The lowest BCUT2D eigenvalue weighted by Crippen LogP contribution is -2.14. The zero-order valence-corrected chi connectivity index (χ0v) is 9.70. The number of nitrogens with zero attached hydrogens (tertiary/aromatic N) is 5. The van der Waals surface area contributed by atoms with Gasteiger partial charge >= 0.3 is 0 Å². The SMILES string of the molecule is Bc1nc2nccnc2n2c1nc1ccccc12. The van der Waals surface area contributed by atoms with E-state index in [1.54, 1.807) is 12.4 Å². The summed E-state index contributed by atoms with van der Waals surface area (Å²) in [5.74, 6) is 0. The summed E-state index contributed by atoms with van der Waals surface area (Å²) in [4.78, 5) is 17.7. The van der Waals surface area contributed by atoms with E-state index in [1.807, 2.05) is 36.5 Å². The zero-order chi connectivity index (χ0) is 12.1. The summed E-state index contributed by atoms with van der Waals surface area (Å²) in [5.41, 5.74) is 5.06. The maximum Gasteiger partial charge on any atom is 0.195 e. The normalized spacial score (nSPS) is 11.6. The number of imidazole rings is 1. The molecule has 3 aromatic heterocycles. The van der Waals surface area contributed by atoms with Crippen molar-refractivity contribution >= 4 is 41.4 Å². The molecule has 4 aromatic rings. The monoisotopic (exact) mass is 233 g/mol. The van der Waals surface area contributed by atoms with Crippen molar-refractivity contribution in [1.82, 2.24) is 24.3 Å². The summed E-state index contributed by atoms with van der Waals surface area (Å²) in [6.45, 7) is 0. The molecule has 0 spiro atoms. The van der Waals surface area contributed by atoms with Crippen LogP contribution in [-0.4, -0.2) is 32.2 Å². The molecule has 0 fully saturated rings. The van der Waals surface area contributed by atoms with E-state index in [1.165, 1.54) is 0 Å². The molecule has 0 aliphatic carbocycles. The van der Waals surface area contributed by atoms with Gasteiger partial charge in [-0.2, -0.15) is 0 Å². The van der Waals surface area contributed by atoms with Crippen LogP contribution in [0.4, 0.5) is 0 Å². The number of benzene rings is 1. The van der Waals surface area contributed by atoms with Crippen molar-refractivity contribution < 1.29 is 0 Å². The van der Waals surface area contributed by atoms with Crippen LogP contribution in [0, 0.1) is 0 Å². The van der Waals surface area contributed by atoms with Crippen LogP contribution in [0.5, 0.6) is 0 Å². The highest BCUT2D eigenvalue weighted by molar-refractivity contribution is 6.35. The van der Waals surface area contributed by atoms with Gasteiger partial charge in [0.25, 0.3) is 0 Å². The number of hydrogen-bond donors (Lipinski definition) is 0. The summed E-state index contributed by atoms with van der Waals surface area (Å²) >= 11 is 0. The largest absolute Gasteiger partial charge is 0.273 e. The smallest absolute Gasteiger partial charge is 0.195 e. The second-order valence-electron chi connectivity index (χ2n) is 4.16. The Morgan fingerprint density at radius 3 is 2.72 bits per heavy atom. The van der Waals surface area contributed by atoms with Gasteiger partial charge in [-0.1, -0.05) is 12.1 Å². The maximum absolute atomic E-state index is 4.60. The second-order valence-corrected chi connectivity index (χ2v) is 4.16. The van der Waals surface area contributed by atoms with Crippen molar-refractivity contribution in [2.24, 2.45) is 0 Å². The van der Waals surface area contributed by atoms with Crippen LogP contribution >= 0.6 is 0 Å². The van der Waals surface area contributed by atoms with Gasteiger partial charge in [0, 0.05) is 18.0 Å². The van der Waals surface area contributed by atoms with Crippen LogP contribution < -0.4 is 5.59 Å². The molecule has 5 nitrogen and oxygen atoms in total. The molecule has 0 aliphatic rings. The third-order valence-electron chi connectivity index (χ3n) is 3.03. The molecular weight excluding hydrogens is 225 g/mol. The first-order valence-electron chi connectivity index (χ1n) is 5.69. The summed E-state index contributed by atoms with van der Waals surface area (Å²) in [6, 6.07) is 7.99. The van der Waals surface area contributed by atoms with Gasteiger partial charge in [-0.25, -0.2) is 19.9 Å². The zero-order valence-electron chi connectivity index (χ0n) is 9.70. The highest BCUT2D eigenvalue weighted by Gasteiger charge is 2.11. The predicted molar refractivity (Wildman–Crippen MR) is 71.8 cm³/mol. The Morgan fingerprint density at radius 2 is 1.78 bits per heavy atom. The Labute approximate surface area is 103 Å². The molecule has 84 valence electrons. The van der Waals surface area contributed by atoms with Crippen molar-refractivity contribution in [2.45, 2.75) is 0 Å². The van der Waals surface area contributed by atoms with Crippen LogP contribution in [0.1, 0.15) is 0 Å². The van der Waals surface area contributed by atoms with Crippen molar-refractivity contribution in [3.05, 3.63) is 36.7 Å². The first-order valence-corrected chi connectivity index (χ1v) is 5.69. The van der Waals surface area contributed by atoms with E-state index >= 15 is 0 Å². The van der Waals surface area contributed by atoms with Gasteiger partial charge in [-0.05, 0) is 12.1 Å². The Bertz CT molecular complexity index is 899. The Balaban J connectivity index is 2.41. The maximum atomic E-state index is 4.60. The molecule has 0 bridgehead atoms. The van der Waals surface area contributed by atoms with Crippen LogP contribution in [0.25, 0.3) is 28.0 Å². The van der Waals surface area contributed by atoms with Gasteiger partial charge in [-0.3, -0.25) is 4.40 Å². The highest BCUT2D eigenvalue weighted by Crippen LogP contribution is 2.17. The summed E-state index contributed by atoms with van der Waals surface area (Å²) < 4.78 is 2.01. The van der Waals surface area contributed by atoms with Gasteiger partial charge < -0.3 is 0 Å². The average molecular weight is 233 g/mol. The van der Waals surface area contributed by atoms with Crippen molar-refractivity contribution in [1.29, 1.82) is 0 Å². The molecule has 0 amide bonds. The minimum absolute atomic E-state index is 0.644. The fourth-order valence-electron chi connectivity index (χ4n) is 2.25. The summed E-state index contributed by atoms with van der Waals surface area (Å²) in [5, 5.41) is 0. The molecule has 0 unspecified atom stereocenters. The lowest BCUT2D eigenvalue weighted by atomic mass is 10.1. The lowest BCUT2D eigenvalue weighted by Gasteiger charge is -2.02. The molecule has 0 aliphatic heterocycles. The Kier molecular flexibility index (Phi) is 1.72. The lowest BCUT2D eigenvalue weighted by molar-refractivity contribution is 1.15. The molecule has 0 radical (unpaired) electrons. The quantitative estimate of drug-likeness (QED) is 0.404. The number of rotatable bonds is 0. The number of para-hydroxylation sites is 2. The Hall–Kier alpha value is -2.50. The van der Waals surface area contributed by atoms with Crippen molar-refractivity contribution in [3.8, 4) is 0 Å². The average Bonchev–Trinajstić information content (AvgIpc) is 2.79. The van der Waals surface area contributed by atoms with Gasteiger partial charge in [0.2, 0.25) is 0 Å². The molecule has 3 heterocycles. The molecular formula is C12H8BN5. The van der Waals surface area contributed by atoms with Crippen LogP contribution in [0.2, 0.25) is 0 Å². The molecule has 18 heavy (non-hydrogen) atoms. The predicted octanol–water partition coefficient (Wildman–Crippen LogP) is 0.0841. The standard InChI is InChI=1S/C12H8BN5/c13-9-11-16-7-3-1-2-4-8(7)18(11)12-10(17-9)14-5-6-15-12/h1-6H,13H2. The topological polar surface area (TPSA) is 56.0 Å². The fraction of sp³-hybridized carbons (Fsp3) is 0. The third kappa shape index (κ3) is 1.12. The third-order valence-corrected chi connectivity index (χ3v) is 3.03. The minimum atomic E-state index is 0.644. The van der Waals surface area contributed by atoms with Crippen molar-refractivity contribution in [2.75, 3.05) is 0 Å².